The van der Waals surface area contributed by atoms with Crippen LogP contribution in [0.3, 0.4) is 0 Å². The first-order chi connectivity index (χ1) is 10.1. The molecule has 4 fully saturated rings. The van der Waals surface area contributed by atoms with E-state index in [2.05, 4.69) is 24.1 Å². The highest BCUT2D eigenvalue weighted by atomic mass is 16.2. The summed E-state index contributed by atoms with van der Waals surface area (Å²) in [4.78, 5) is 15.4. The highest BCUT2D eigenvalue weighted by Gasteiger charge is 2.61. The second-order valence-electron chi connectivity index (χ2n) is 8.39. The summed E-state index contributed by atoms with van der Waals surface area (Å²) in [5.74, 6) is 2.66. The molecule has 1 heterocycles. The van der Waals surface area contributed by atoms with E-state index in [9.17, 15) is 4.79 Å². The van der Waals surface area contributed by atoms with Gasteiger partial charge < -0.3 is 4.90 Å². The van der Waals surface area contributed by atoms with Crippen LogP contribution in [-0.2, 0) is 4.79 Å². The molecule has 1 spiro atoms. The summed E-state index contributed by atoms with van der Waals surface area (Å²) < 4.78 is 0. The zero-order chi connectivity index (χ0) is 14.6. The molecule has 0 aromatic heterocycles. The van der Waals surface area contributed by atoms with Crippen molar-refractivity contribution in [3.05, 3.63) is 0 Å². The molecular formula is C18H30N2O. The molecule has 0 radical (unpaired) electrons. The minimum Gasteiger partial charge on any atom is -0.322 e. The fourth-order valence-corrected chi connectivity index (χ4v) is 5.31. The van der Waals surface area contributed by atoms with Gasteiger partial charge in [-0.15, -0.1) is 0 Å². The molecule has 4 rings (SSSR count). The van der Waals surface area contributed by atoms with Gasteiger partial charge in [-0.25, -0.2) is 0 Å². The largest absolute Gasteiger partial charge is 0.322 e. The molecule has 0 aromatic carbocycles. The Balaban J connectivity index is 1.58. The number of nitrogens with zero attached hydrogens (tertiary/aromatic N) is 1. The van der Waals surface area contributed by atoms with Crippen LogP contribution in [0.15, 0.2) is 0 Å². The van der Waals surface area contributed by atoms with Gasteiger partial charge in [0.1, 0.15) is 0 Å². The zero-order valence-corrected chi connectivity index (χ0v) is 13.6. The predicted molar refractivity (Wildman–Crippen MR) is 83.7 cm³/mol. The maximum absolute atomic E-state index is 13.0. The summed E-state index contributed by atoms with van der Waals surface area (Å²) >= 11 is 0. The first-order valence-corrected chi connectivity index (χ1v) is 9.21. The van der Waals surface area contributed by atoms with Gasteiger partial charge in [0.15, 0.2) is 0 Å². The Morgan fingerprint density at radius 1 is 1.10 bits per heavy atom. The van der Waals surface area contributed by atoms with Crippen molar-refractivity contribution in [3.63, 3.8) is 0 Å². The maximum atomic E-state index is 13.0. The Hall–Kier alpha value is -0.570. The summed E-state index contributed by atoms with van der Waals surface area (Å²) in [5.41, 5.74) is -0.129. The van der Waals surface area contributed by atoms with Crippen molar-refractivity contribution in [2.24, 2.45) is 17.8 Å². The highest BCUT2D eigenvalue weighted by Crippen LogP contribution is 2.48. The lowest BCUT2D eigenvalue weighted by molar-refractivity contribution is -0.136. The van der Waals surface area contributed by atoms with Gasteiger partial charge in [-0.3, -0.25) is 10.1 Å². The van der Waals surface area contributed by atoms with Crippen molar-refractivity contribution < 1.29 is 4.79 Å². The third-order valence-electron chi connectivity index (χ3n) is 6.71. The van der Waals surface area contributed by atoms with Crippen LogP contribution >= 0.6 is 0 Å². The summed E-state index contributed by atoms with van der Waals surface area (Å²) in [5, 5.41) is 3.79. The molecule has 4 unspecified atom stereocenters. The van der Waals surface area contributed by atoms with E-state index in [0.717, 1.165) is 18.8 Å². The van der Waals surface area contributed by atoms with Crippen molar-refractivity contribution in [3.8, 4) is 0 Å². The number of hydrogen-bond acceptors (Lipinski definition) is 2. The Kier molecular flexibility index (Phi) is 3.33. The van der Waals surface area contributed by atoms with Gasteiger partial charge in [0, 0.05) is 6.04 Å². The van der Waals surface area contributed by atoms with Gasteiger partial charge >= 0.3 is 0 Å². The lowest BCUT2D eigenvalue weighted by Crippen LogP contribution is -2.51. The quantitative estimate of drug-likeness (QED) is 0.846. The normalized spacial score (nSPS) is 43.0. The van der Waals surface area contributed by atoms with E-state index in [-0.39, 0.29) is 5.54 Å². The Morgan fingerprint density at radius 3 is 2.43 bits per heavy atom. The van der Waals surface area contributed by atoms with Crippen LogP contribution in [0, 0.1) is 17.8 Å². The van der Waals surface area contributed by atoms with Gasteiger partial charge in [-0.1, -0.05) is 26.7 Å². The van der Waals surface area contributed by atoms with Crippen LogP contribution in [0.2, 0.25) is 0 Å². The predicted octanol–water partition coefficient (Wildman–Crippen LogP) is 3.29. The fraction of sp³-hybridized carbons (Fsp3) is 0.944. The third kappa shape index (κ3) is 2.23. The molecule has 21 heavy (non-hydrogen) atoms. The summed E-state index contributed by atoms with van der Waals surface area (Å²) in [6.45, 7) is 4.74. The minimum atomic E-state index is -0.129. The number of amides is 1. The average Bonchev–Trinajstić information content (AvgIpc) is 2.92. The summed E-state index contributed by atoms with van der Waals surface area (Å²) in [6, 6.07) is 0.492. The van der Waals surface area contributed by atoms with E-state index in [0.29, 0.717) is 30.0 Å². The molecule has 1 saturated heterocycles. The first-order valence-electron chi connectivity index (χ1n) is 9.21. The summed E-state index contributed by atoms with van der Waals surface area (Å²) in [7, 11) is 0. The molecule has 1 aliphatic heterocycles. The van der Waals surface area contributed by atoms with Gasteiger partial charge in [0.2, 0.25) is 5.91 Å². The Morgan fingerprint density at radius 2 is 1.81 bits per heavy atom. The van der Waals surface area contributed by atoms with Crippen molar-refractivity contribution in [1.82, 2.24) is 10.2 Å². The van der Waals surface area contributed by atoms with Crippen LogP contribution in [-0.4, -0.2) is 28.6 Å². The second kappa shape index (κ2) is 4.97. The van der Waals surface area contributed by atoms with Crippen LogP contribution in [0.5, 0.6) is 0 Å². The lowest BCUT2D eigenvalue weighted by atomic mass is 9.78. The smallest absolute Gasteiger partial charge is 0.244 e. The van der Waals surface area contributed by atoms with Crippen molar-refractivity contribution in [2.75, 3.05) is 0 Å². The molecule has 3 saturated carbocycles. The standard InChI is InChI=1S/C18H30N2O/c1-12-7-8-15(13(2)11-12)20-16(14-5-3-4-6-14)19-18(9-10-18)17(20)21/h12-16,19H,3-11H2,1-2H3. The molecule has 0 bridgehead atoms. The first kappa shape index (κ1) is 14.0. The molecule has 1 amide bonds. The monoisotopic (exact) mass is 290 g/mol. The molecule has 4 atom stereocenters. The van der Waals surface area contributed by atoms with Crippen molar-refractivity contribution in [1.29, 1.82) is 0 Å². The number of hydrogen-bond donors (Lipinski definition) is 1. The molecule has 118 valence electrons. The molecule has 3 aliphatic carbocycles. The second-order valence-corrected chi connectivity index (χ2v) is 8.39. The molecule has 1 N–H and O–H groups in total. The Labute approximate surface area is 128 Å². The molecule has 3 heteroatoms. The van der Waals surface area contributed by atoms with E-state index < -0.39 is 0 Å². The number of rotatable bonds is 2. The van der Waals surface area contributed by atoms with Crippen molar-refractivity contribution >= 4 is 5.91 Å². The van der Waals surface area contributed by atoms with Gasteiger partial charge in [0.25, 0.3) is 0 Å². The molecular weight excluding hydrogens is 260 g/mol. The van der Waals surface area contributed by atoms with Gasteiger partial charge in [0.05, 0.1) is 11.7 Å². The molecule has 3 nitrogen and oxygen atoms in total. The zero-order valence-electron chi connectivity index (χ0n) is 13.6. The van der Waals surface area contributed by atoms with Crippen LogP contribution < -0.4 is 5.32 Å². The Bertz CT molecular complexity index is 425. The van der Waals surface area contributed by atoms with E-state index in [1.54, 1.807) is 0 Å². The molecule has 4 aliphatic rings. The fourth-order valence-electron chi connectivity index (χ4n) is 5.31. The van der Waals surface area contributed by atoms with Crippen molar-refractivity contribution in [2.45, 2.75) is 89.4 Å². The number of carbonyl (C=O) groups is 1. The van der Waals surface area contributed by atoms with E-state index >= 15 is 0 Å². The SMILES string of the molecule is CC1CCC(N2C(=O)C3(CC3)NC2C2CCCC2)C(C)C1. The lowest BCUT2D eigenvalue weighted by Gasteiger charge is -2.42. The average molecular weight is 290 g/mol. The van der Waals surface area contributed by atoms with Crippen LogP contribution in [0.1, 0.15) is 71.6 Å². The van der Waals surface area contributed by atoms with Gasteiger partial charge in [-0.2, -0.15) is 0 Å². The van der Waals surface area contributed by atoms with E-state index in [4.69, 9.17) is 0 Å². The van der Waals surface area contributed by atoms with Gasteiger partial charge in [-0.05, 0) is 62.7 Å². The third-order valence-corrected chi connectivity index (χ3v) is 6.71. The maximum Gasteiger partial charge on any atom is 0.244 e. The molecule has 0 aromatic rings. The highest BCUT2D eigenvalue weighted by molar-refractivity contribution is 5.92. The van der Waals surface area contributed by atoms with Crippen LogP contribution in [0.25, 0.3) is 0 Å². The minimum absolute atomic E-state index is 0.129. The van der Waals surface area contributed by atoms with E-state index in [1.165, 1.54) is 44.9 Å². The number of nitrogens with one attached hydrogen (secondary N) is 1. The summed E-state index contributed by atoms with van der Waals surface area (Å²) in [6.07, 6.45) is 11.6. The number of carbonyl (C=O) groups excluding carboxylic acids is 1. The topological polar surface area (TPSA) is 32.3 Å². The van der Waals surface area contributed by atoms with E-state index in [1.807, 2.05) is 0 Å². The van der Waals surface area contributed by atoms with Crippen LogP contribution in [0.4, 0.5) is 0 Å².